The minimum absolute atomic E-state index is 0.160. The Morgan fingerprint density at radius 3 is 2.85 bits per heavy atom. The van der Waals surface area contributed by atoms with Gasteiger partial charge in [0.05, 0.1) is 13.2 Å². The zero-order valence-electron chi connectivity index (χ0n) is 11.8. The first-order valence-electron chi connectivity index (χ1n) is 6.88. The number of benzene rings is 2. The molecule has 3 heteroatoms. The van der Waals surface area contributed by atoms with Gasteiger partial charge in [-0.1, -0.05) is 12.1 Å². The summed E-state index contributed by atoms with van der Waals surface area (Å²) >= 11 is 0. The number of rotatable bonds is 2. The molecule has 0 spiro atoms. The van der Waals surface area contributed by atoms with Gasteiger partial charge >= 0.3 is 0 Å². The van der Waals surface area contributed by atoms with E-state index < -0.39 is 0 Å². The van der Waals surface area contributed by atoms with Crippen LogP contribution in [0.2, 0.25) is 0 Å². The lowest BCUT2D eigenvalue weighted by Crippen LogP contribution is -2.30. The molecule has 3 nitrogen and oxygen atoms in total. The van der Waals surface area contributed by atoms with Crippen LogP contribution in [0.15, 0.2) is 36.4 Å². The van der Waals surface area contributed by atoms with Crippen LogP contribution in [0.4, 0.5) is 0 Å². The fraction of sp³-hybridized carbons (Fsp3) is 0.294. The van der Waals surface area contributed by atoms with Crippen molar-refractivity contribution in [3.63, 3.8) is 0 Å². The summed E-state index contributed by atoms with van der Waals surface area (Å²) in [5, 5.41) is 13.2. The Hall–Kier alpha value is -2.00. The monoisotopic (exact) mass is 269 g/mol. The molecule has 0 saturated carbocycles. The highest BCUT2D eigenvalue weighted by Gasteiger charge is 2.22. The Kier molecular flexibility index (Phi) is 3.36. The largest absolute Gasteiger partial charge is 0.508 e. The highest BCUT2D eigenvalue weighted by Crippen LogP contribution is 2.32. The fourth-order valence-corrected chi connectivity index (χ4v) is 2.91. The second-order valence-corrected chi connectivity index (χ2v) is 5.30. The van der Waals surface area contributed by atoms with Gasteiger partial charge in [0.15, 0.2) is 0 Å². The molecule has 1 aliphatic heterocycles. The summed E-state index contributed by atoms with van der Waals surface area (Å²) in [6, 6.07) is 12.1. The van der Waals surface area contributed by atoms with Crippen LogP contribution < -0.4 is 10.1 Å². The molecule has 1 aliphatic rings. The van der Waals surface area contributed by atoms with Gasteiger partial charge in [0, 0.05) is 6.54 Å². The number of aryl methyl sites for hydroxylation is 1. The van der Waals surface area contributed by atoms with Crippen molar-refractivity contribution in [2.75, 3.05) is 13.7 Å². The third-order valence-corrected chi connectivity index (χ3v) is 3.82. The average Bonchev–Trinajstić information content (AvgIpc) is 2.45. The van der Waals surface area contributed by atoms with Crippen LogP contribution in [0.3, 0.4) is 0 Å². The molecule has 1 atom stereocenters. The van der Waals surface area contributed by atoms with Gasteiger partial charge in [0.1, 0.15) is 11.5 Å². The van der Waals surface area contributed by atoms with Crippen molar-refractivity contribution >= 4 is 0 Å². The van der Waals surface area contributed by atoms with Crippen molar-refractivity contribution in [2.45, 2.75) is 19.4 Å². The number of phenolic OH excluding ortho intramolecular Hbond substituents is 1. The molecule has 20 heavy (non-hydrogen) atoms. The first-order valence-corrected chi connectivity index (χ1v) is 6.88. The summed E-state index contributed by atoms with van der Waals surface area (Å²) in [6.07, 6.45) is 0.948. The maximum absolute atomic E-state index is 9.63. The van der Waals surface area contributed by atoms with Gasteiger partial charge in [-0.25, -0.2) is 0 Å². The van der Waals surface area contributed by atoms with Gasteiger partial charge in [-0.3, -0.25) is 0 Å². The second-order valence-electron chi connectivity index (χ2n) is 5.30. The van der Waals surface area contributed by atoms with E-state index in [2.05, 4.69) is 24.4 Å². The molecule has 0 radical (unpaired) electrons. The summed E-state index contributed by atoms with van der Waals surface area (Å²) < 4.78 is 5.37. The lowest BCUT2D eigenvalue weighted by atomic mass is 9.89. The van der Waals surface area contributed by atoms with E-state index >= 15 is 0 Å². The quantitative estimate of drug-likeness (QED) is 0.880. The minimum atomic E-state index is 0.160. The molecule has 104 valence electrons. The highest BCUT2D eigenvalue weighted by atomic mass is 16.5. The number of fused-ring (bicyclic) bond motifs is 1. The van der Waals surface area contributed by atoms with Gasteiger partial charge in [0.2, 0.25) is 0 Å². The van der Waals surface area contributed by atoms with Gasteiger partial charge in [-0.05, 0) is 59.9 Å². The van der Waals surface area contributed by atoms with Crippen molar-refractivity contribution in [1.82, 2.24) is 5.32 Å². The first-order chi connectivity index (χ1) is 9.67. The van der Waals surface area contributed by atoms with Gasteiger partial charge in [-0.15, -0.1) is 0 Å². The molecule has 0 saturated heterocycles. The minimum Gasteiger partial charge on any atom is -0.508 e. The van der Waals surface area contributed by atoms with E-state index in [0.29, 0.717) is 5.75 Å². The van der Waals surface area contributed by atoms with Crippen LogP contribution in [0, 0.1) is 6.92 Å². The van der Waals surface area contributed by atoms with E-state index in [1.54, 1.807) is 13.2 Å². The molecule has 0 aromatic heterocycles. The summed E-state index contributed by atoms with van der Waals surface area (Å²) in [4.78, 5) is 0. The number of ether oxygens (including phenoxy) is 1. The topological polar surface area (TPSA) is 41.5 Å². The third kappa shape index (κ3) is 2.37. The Morgan fingerprint density at radius 1 is 1.20 bits per heavy atom. The second kappa shape index (κ2) is 5.17. The molecule has 3 rings (SSSR count). The van der Waals surface area contributed by atoms with Gasteiger partial charge in [0.25, 0.3) is 0 Å². The van der Waals surface area contributed by atoms with Crippen LogP contribution in [-0.4, -0.2) is 18.8 Å². The summed E-state index contributed by atoms with van der Waals surface area (Å²) in [5.74, 6) is 1.22. The SMILES string of the molecule is COc1cc(C)cc(C2NCCc3cc(O)ccc32)c1. The average molecular weight is 269 g/mol. The fourth-order valence-electron chi connectivity index (χ4n) is 2.91. The van der Waals surface area contributed by atoms with Crippen LogP contribution in [0.5, 0.6) is 11.5 Å². The predicted octanol–water partition coefficient (Wildman–Crippen LogP) is 2.94. The van der Waals surface area contributed by atoms with Crippen molar-refractivity contribution in [2.24, 2.45) is 0 Å². The van der Waals surface area contributed by atoms with Crippen LogP contribution in [0.1, 0.15) is 28.3 Å². The molecule has 2 aromatic rings. The van der Waals surface area contributed by atoms with E-state index in [-0.39, 0.29) is 6.04 Å². The summed E-state index contributed by atoms with van der Waals surface area (Å²) in [5.41, 5.74) is 4.84. The molecule has 1 heterocycles. The van der Waals surface area contributed by atoms with Crippen molar-refractivity contribution in [3.8, 4) is 11.5 Å². The standard InChI is InChI=1S/C17H19NO2/c1-11-7-13(10-15(8-11)20-2)17-16-4-3-14(19)9-12(16)5-6-18-17/h3-4,7-10,17-19H,5-6H2,1-2H3. The summed E-state index contributed by atoms with van der Waals surface area (Å²) in [6.45, 7) is 2.99. The van der Waals surface area contributed by atoms with E-state index in [1.165, 1.54) is 22.3 Å². The highest BCUT2D eigenvalue weighted by molar-refractivity contribution is 5.45. The lowest BCUT2D eigenvalue weighted by molar-refractivity contribution is 0.413. The molecule has 0 amide bonds. The third-order valence-electron chi connectivity index (χ3n) is 3.82. The molecular weight excluding hydrogens is 250 g/mol. The van der Waals surface area contributed by atoms with Crippen LogP contribution in [0.25, 0.3) is 0 Å². The number of hydrogen-bond acceptors (Lipinski definition) is 3. The number of methoxy groups -OCH3 is 1. The van der Waals surface area contributed by atoms with Crippen molar-refractivity contribution < 1.29 is 9.84 Å². The number of phenols is 1. The lowest BCUT2D eigenvalue weighted by Gasteiger charge is -2.28. The Morgan fingerprint density at radius 2 is 2.05 bits per heavy atom. The first kappa shape index (κ1) is 13.0. The van der Waals surface area contributed by atoms with Crippen molar-refractivity contribution in [1.29, 1.82) is 0 Å². The smallest absolute Gasteiger partial charge is 0.119 e. The Bertz CT molecular complexity index is 637. The Balaban J connectivity index is 2.06. The van der Waals surface area contributed by atoms with E-state index in [0.717, 1.165) is 18.7 Å². The predicted molar refractivity (Wildman–Crippen MR) is 79.4 cm³/mol. The van der Waals surface area contributed by atoms with E-state index in [1.807, 2.05) is 18.2 Å². The number of nitrogens with one attached hydrogen (secondary N) is 1. The molecule has 0 bridgehead atoms. The molecule has 0 fully saturated rings. The Labute approximate surface area is 119 Å². The molecule has 0 aliphatic carbocycles. The maximum atomic E-state index is 9.63. The zero-order valence-corrected chi connectivity index (χ0v) is 11.8. The number of aromatic hydroxyl groups is 1. The van der Waals surface area contributed by atoms with E-state index in [4.69, 9.17) is 4.74 Å². The molecule has 2 aromatic carbocycles. The van der Waals surface area contributed by atoms with Crippen LogP contribution in [-0.2, 0) is 6.42 Å². The maximum Gasteiger partial charge on any atom is 0.119 e. The van der Waals surface area contributed by atoms with Gasteiger partial charge in [-0.2, -0.15) is 0 Å². The molecular formula is C17H19NO2. The van der Waals surface area contributed by atoms with Crippen LogP contribution >= 0.6 is 0 Å². The molecule has 2 N–H and O–H groups in total. The normalized spacial score (nSPS) is 17.6. The number of hydrogen-bond donors (Lipinski definition) is 2. The molecule has 1 unspecified atom stereocenters. The zero-order chi connectivity index (χ0) is 14.1. The van der Waals surface area contributed by atoms with Crippen molar-refractivity contribution in [3.05, 3.63) is 58.7 Å². The summed E-state index contributed by atoms with van der Waals surface area (Å²) in [7, 11) is 1.69. The van der Waals surface area contributed by atoms with Gasteiger partial charge < -0.3 is 15.2 Å². The van der Waals surface area contributed by atoms with E-state index in [9.17, 15) is 5.11 Å².